The average Bonchev–Trinajstić information content (AvgIpc) is 3.21. The number of methoxy groups -OCH3 is 1. The molecule has 0 radical (unpaired) electrons. The first kappa shape index (κ1) is 15.4. The van der Waals surface area contributed by atoms with Gasteiger partial charge in [0, 0.05) is 25.8 Å². The van der Waals surface area contributed by atoms with Crippen molar-refractivity contribution in [3.8, 4) is 11.5 Å². The van der Waals surface area contributed by atoms with Crippen LogP contribution in [0.25, 0.3) is 0 Å². The monoisotopic (exact) mass is 330 g/mol. The number of aromatic nitrogens is 3. The number of fused-ring (bicyclic) bond motifs is 1. The largest absolute Gasteiger partial charge is 0.486 e. The first-order valence-electron chi connectivity index (χ1n) is 8.28. The van der Waals surface area contributed by atoms with E-state index in [0.717, 1.165) is 48.2 Å². The number of ether oxygens (including phenoxy) is 3. The fourth-order valence-electron chi connectivity index (χ4n) is 3.46. The van der Waals surface area contributed by atoms with Gasteiger partial charge in [-0.05, 0) is 19.4 Å². The third kappa shape index (κ3) is 2.85. The second-order valence-electron chi connectivity index (χ2n) is 6.26. The minimum atomic E-state index is 0.139. The molecule has 2 atom stereocenters. The lowest BCUT2D eigenvalue weighted by Gasteiger charge is -2.26. The highest BCUT2D eigenvalue weighted by Gasteiger charge is 2.36. The van der Waals surface area contributed by atoms with Gasteiger partial charge in [0.1, 0.15) is 19.0 Å². The lowest BCUT2D eigenvalue weighted by molar-refractivity contribution is 0.106. The molecular formula is C17H22N4O3. The highest BCUT2D eigenvalue weighted by molar-refractivity contribution is 5.47. The molecule has 1 aromatic heterocycles. The summed E-state index contributed by atoms with van der Waals surface area (Å²) in [6.07, 6.45) is 1.07. The molecule has 1 fully saturated rings. The van der Waals surface area contributed by atoms with Crippen molar-refractivity contribution >= 4 is 0 Å². The summed E-state index contributed by atoms with van der Waals surface area (Å²) in [6.45, 7) is 4.71. The molecule has 2 aromatic rings. The van der Waals surface area contributed by atoms with Crippen LogP contribution in [-0.4, -0.2) is 53.1 Å². The molecule has 7 nitrogen and oxygen atoms in total. The van der Waals surface area contributed by atoms with Crippen molar-refractivity contribution in [2.75, 3.05) is 26.9 Å². The van der Waals surface area contributed by atoms with Crippen LogP contribution in [0.2, 0.25) is 0 Å². The van der Waals surface area contributed by atoms with Gasteiger partial charge in [0.05, 0.1) is 12.1 Å². The molecular weight excluding hydrogens is 308 g/mol. The summed E-state index contributed by atoms with van der Waals surface area (Å²) >= 11 is 0. The Hall–Kier alpha value is -2.12. The zero-order valence-electron chi connectivity index (χ0n) is 14.0. The first-order chi connectivity index (χ1) is 11.7. The first-order valence-corrected chi connectivity index (χ1v) is 8.28. The number of aromatic amines is 1. The third-order valence-corrected chi connectivity index (χ3v) is 4.63. The number of nitrogens with zero attached hydrogens (tertiary/aromatic N) is 3. The van der Waals surface area contributed by atoms with Crippen molar-refractivity contribution in [3.63, 3.8) is 0 Å². The van der Waals surface area contributed by atoms with Gasteiger partial charge < -0.3 is 14.2 Å². The van der Waals surface area contributed by atoms with Crippen molar-refractivity contribution in [2.45, 2.75) is 32.0 Å². The average molecular weight is 330 g/mol. The summed E-state index contributed by atoms with van der Waals surface area (Å²) in [5, 5.41) is 7.30. The smallest absolute Gasteiger partial charge is 0.167 e. The van der Waals surface area contributed by atoms with E-state index in [4.69, 9.17) is 14.2 Å². The summed E-state index contributed by atoms with van der Waals surface area (Å²) in [6, 6.07) is 6.20. The van der Waals surface area contributed by atoms with E-state index in [9.17, 15) is 0 Å². The van der Waals surface area contributed by atoms with Gasteiger partial charge in [0.15, 0.2) is 17.3 Å². The summed E-state index contributed by atoms with van der Waals surface area (Å²) in [5.41, 5.74) is 1.13. The Morgan fingerprint density at radius 1 is 1.33 bits per heavy atom. The molecule has 0 unspecified atom stereocenters. The Morgan fingerprint density at radius 2 is 2.21 bits per heavy atom. The molecule has 3 heterocycles. The number of nitrogens with one attached hydrogen (secondary N) is 1. The van der Waals surface area contributed by atoms with Crippen LogP contribution in [0.3, 0.4) is 0 Å². The van der Waals surface area contributed by atoms with E-state index >= 15 is 0 Å². The molecule has 2 aliphatic rings. The molecule has 0 amide bonds. The van der Waals surface area contributed by atoms with Crippen molar-refractivity contribution in [1.82, 2.24) is 20.1 Å². The van der Waals surface area contributed by atoms with Crippen LogP contribution in [0.4, 0.5) is 0 Å². The van der Waals surface area contributed by atoms with E-state index in [0.29, 0.717) is 13.2 Å². The van der Waals surface area contributed by atoms with Gasteiger partial charge in [-0.15, -0.1) is 0 Å². The molecule has 0 bridgehead atoms. The maximum Gasteiger partial charge on any atom is 0.167 e. The molecule has 128 valence electrons. The Kier molecular flexibility index (Phi) is 4.12. The van der Waals surface area contributed by atoms with E-state index in [1.165, 1.54) is 0 Å². The molecule has 0 aliphatic carbocycles. The van der Waals surface area contributed by atoms with Crippen LogP contribution < -0.4 is 9.47 Å². The van der Waals surface area contributed by atoms with Crippen molar-refractivity contribution in [1.29, 1.82) is 0 Å². The maximum atomic E-state index is 5.84. The quantitative estimate of drug-likeness (QED) is 0.922. The Bertz CT molecular complexity index is 718. The van der Waals surface area contributed by atoms with Gasteiger partial charge in [0.2, 0.25) is 0 Å². The minimum absolute atomic E-state index is 0.139. The van der Waals surface area contributed by atoms with E-state index in [1.54, 1.807) is 7.11 Å². The van der Waals surface area contributed by atoms with Crippen LogP contribution >= 0.6 is 0 Å². The number of benzene rings is 1. The van der Waals surface area contributed by atoms with Crippen LogP contribution in [0, 0.1) is 6.92 Å². The highest BCUT2D eigenvalue weighted by Crippen LogP contribution is 2.38. The SMILES string of the molecule is CO[C@@H]1C[C@@H](c2n[nH]c(C)n2)N(Cc2cccc3c2OCCO3)C1. The van der Waals surface area contributed by atoms with Crippen molar-refractivity contribution < 1.29 is 14.2 Å². The predicted molar refractivity (Wildman–Crippen MR) is 87.1 cm³/mol. The number of likely N-dealkylation sites (tertiary alicyclic amines) is 1. The summed E-state index contributed by atoms with van der Waals surface area (Å²) < 4.78 is 17.1. The molecule has 2 aliphatic heterocycles. The lowest BCUT2D eigenvalue weighted by Crippen LogP contribution is -2.26. The number of aryl methyl sites for hydroxylation is 1. The van der Waals surface area contributed by atoms with E-state index in [2.05, 4.69) is 26.1 Å². The molecule has 1 N–H and O–H groups in total. The van der Waals surface area contributed by atoms with E-state index < -0.39 is 0 Å². The summed E-state index contributed by atoms with van der Waals surface area (Å²) in [4.78, 5) is 6.87. The van der Waals surface area contributed by atoms with E-state index in [1.807, 2.05) is 19.1 Å². The Morgan fingerprint density at radius 3 is 3.00 bits per heavy atom. The van der Waals surface area contributed by atoms with Gasteiger partial charge >= 0.3 is 0 Å². The summed E-state index contributed by atoms with van der Waals surface area (Å²) in [7, 11) is 1.76. The fraction of sp³-hybridized carbons (Fsp3) is 0.529. The molecule has 1 saturated heterocycles. The number of hydrogen-bond acceptors (Lipinski definition) is 6. The Labute approximate surface area is 140 Å². The zero-order valence-corrected chi connectivity index (χ0v) is 14.0. The molecule has 0 spiro atoms. The highest BCUT2D eigenvalue weighted by atomic mass is 16.6. The van der Waals surface area contributed by atoms with Gasteiger partial charge in [-0.25, -0.2) is 4.98 Å². The second kappa shape index (κ2) is 6.41. The second-order valence-corrected chi connectivity index (χ2v) is 6.26. The van der Waals surface area contributed by atoms with Gasteiger partial charge in [0.25, 0.3) is 0 Å². The Balaban J connectivity index is 1.60. The predicted octanol–water partition coefficient (Wildman–Crippen LogP) is 1.85. The zero-order chi connectivity index (χ0) is 16.5. The van der Waals surface area contributed by atoms with Crippen LogP contribution in [-0.2, 0) is 11.3 Å². The molecule has 0 saturated carbocycles. The molecule has 7 heteroatoms. The molecule has 24 heavy (non-hydrogen) atoms. The van der Waals surface area contributed by atoms with Crippen molar-refractivity contribution in [3.05, 3.63) is 35.4 Å². The topological polar surface area (TPSA) is 72.5 Å². The third-order valence-electron chi connectivity index (χ3n) is 4.63. The van der Waals surface area contributed by atoms with Gasteiger partial charge in [-0.2, -0.15) is 5.10 Å². The summed E-state index contributed by atoms with van der Waals surface area (Å²) in [5.74, 6) is 3.34. The minimum Gasteiger partial charge on any atom is -0.486 e. The molecule has 1 aromatic carbocycles. The number of rotatable bonds is 4. The van der Waals surface area contributed by atoms with Crippen LogP contribution in [0.1, 0.15) is 29.7 Å². The lowest BCUT2D eigenvalue weighted by atomic mass is 10.1. The number of H-pyrrole nitrogens is 1. The van der Waals surface area contributed by atoms with Crippen LogP contribution in [0.15, 0.2) is 18.2 Å². The van der Waals surface area contributed by atoms with Crippen molar-refractivity contribution in [2.24, 2.45) is 0 Å². The number of hydrogen-bond donors (Lipinski definition) is 1. The standard InChI is InChI=1S/C17H22N4O3/c1-11-18-17(20-19-11)14-8-13(22-2)10-21(14)9-12-4-3-5-15-16(12)24-7-6-23-15/h3-5,13-14H,6-10H2,1-2H3,(H,18,19,20)/t13-,14+/m1/s1. The van der Waals surface area contributed by atoms with E-state index in [-0.39, 0.29) is 12.1 Å². The molecule has 4 rings (SSSR count). The van der Waals surface area contributed by atoms with Gasteiger partial charge in [-0.3, -0.25) is 10.00 Å². The fourth-order valence-corrected chi connectivity index (χ4v) is 3.46. The van der Waals surface area contributed by atoms with Crippen LogP contribution in [0.5, 0.6) is 11.5 Å². The maximum absolute atomic E-state index is 5.84. The number of para-hydroxylation sites is 1. The van der Waals surface area contributed by atoms with Gasteiger partial charge in [-0.1, -0.05) is 12.1 Å². The normalized spacial score (nSPS) is 23.6.